The number of halogens is 1. The van der Waals surface area contributed by atoms with Crippen molar-refractivity contribution in [2.24, 2.45) is 0 Å². The summed E-state index contributed by atoms with van der Waals surface area (Å²) in [6.45, 7) is 1.59. The molecule has 7 nitrogen and oxygen atoms in total. The molecule has 1 N–H and O–H groups in total. The van der Waals surface area contributed by atoms with Gasteiger partial charge in [-0.2, -0.15) is 0 Å². The van der Waals surface area contributed by atoms with Gasteiger partial charge in [-0.1, -0.05) is 52.3 Å². The maximum Gasteiger partial charge on any atom is 0.325 e. The summed E-state index contributed by atoms with van der Waals surface area (Å²) in [6, 6.07) is 16.0. The van der Waals surface area contributed by atoms with Crippen molar-refractivity contribution < 1.29 is 18.8 Å². The van der Waals surface area contributed by atoms with Crippen LogP contribution in [0, 0.1) is 0 Å². The molecule has 2 aromatic carbocycles. The molecule has 1 unspecified atom stereocenters. The number of benzene rings is 2. The van der Waals surface area contributed by atoms with Gasteiger partial charge in [0.15, 0.2) is 5.54 Å². The number of hydrogen-bond donors (Lipinski definition) is 1. The van der Waals surface area contributed by atoms with Gasteiger partial charge in [-0.25, -0.2) is 4.79 Å². The number of hydrogen-bond acceptors (Lipinski definition) is 4. The summed E-state index contributed by atoms with van der Waals surface area (Å²) in [5.74, 6) is -0.532. The molecule has 0 aliphatic carbocycles. The molecule has 30 heavy (non-hydrogen) atoms. The van der Waals surface area contributed by atoms with Gasteiger partial charge in [-0.15, -0.1) is 0 Å². The molecule has 0 radical (unpaired) electrons. The maximum atomic E-state index is 13.1. The molecule has 2 heterocycles. The lowest BCUT2D eigenvalue weighted by atomic mass is 9.99. The second-order valence-corrected chi connectivity index (χ2v) is 8.29. The number of para-hydroxylation sites is 1. The minimum absolute atomic E-state index is 0.332. The van der Waals surface area contributed by atoms with E-state index in [9.17, 15) is 14.4 Å². The van der Waals surface area contributed by atoms with Crippen molar-refractivity contribution in [2.45, 2.75) is 19.0 Å². The fourth-order valence-corrected chi connectivity index (χ4v) is 3.87. The third-order valence-corrected chi connectivity index (χ3v) is 6.05. The van der Waals surface area contributed by atoms with Crippen LogP contribution in [0.4, 0.5) is 4.79 Å². The number of fused-ring (bicyclic) bond motifs is 1. The van der Waals surface area contributed by atoms with Gasteiger partial charge in [0.05, 0.1) is 0 Å². The highest BCUT2D eigenvalue weighted by Gasteiger charge is 2.51. The molecule has 4 rings (SSSR count). The van der Waals surface area contributed by atoms with E-state index in [-0.39, 0.29) is 12.5 Å². The lowest BCUT2D eigenvalue weighted by molar-refractivity contribution is -0.138. The Kier molecular flexibility index (Phi) is 5.11. The molecule has 1 aliphatic heterocycles. The van der Waals surface area contributed by atoms with E-state index in [1.54, 1.807) is 26.1 Å². The summed E-state index contributed by atoms with van der Waals surface area (Å²) >= 11 is 3.46. The Labute approximate surface area is 181 Å². The van der Waals surface area contributed by atoms with Gasteiger partial charge in [0.1, 0.15) is 17.9 Å². The van der Waals surface area contributed by atoms with Crippen LogP contribution < -0.4 is 5.32 Å². The Bertz CT molecular complexity index is 1120. The number of amides is 4. The fraction of sp³-hybridized carbons (Fsp3) is 0.227. The zero-order valence-corrected chi connectivity index (χ0v) is 18.1. The Hall–Kier alpha value is -3.13. The first kappa shape index (κ1) is 20.2. The smallest absolute Gasteiger partial charge is 0.325 e. The van der Waals surface area contributed by atoms with Crippen molar-refractivity contribution in [3.63, 3.8) is 0 Å². The molecule has 1 fully saturated rings. The summed E-state index contributed by atoms with van der Waals surface area (Å²) in [5.41, 5.74) is 0.188. The van der Waals surface area contributed by atoms with Gasteiger partial charge in [-0.3, -0.25) is 14.5 Å². The molecule has 0 spiro atoms. The molecule has 1 aromatic heterocycles. The van der Waals surface area contributed by atoms with Crippen molar-refractivity contribution in [3.8, 4) is 0 Å². The highest BCUT2D eigenvalue weighted by atomic mass is 79.9. The first-order valence-electron chi connectivity index (χ1n) is 9.40. The molecule has 0 bridgehead atoms. The SMILES string of the molecule is CN(Cc1ccccc1Br)C(=O)CN1C(=O)NC(C)(c2cc3ccccc3o2)C1=O. The molecule has 1 aliphatic rings. The Morgan fingerprint density at radius 2 is 1.87 bits per heavy atom. The maximum absolute atomic E-state index is 13.1. The predicted molar refractivity (Wildman–Crippen MR) is 114 cm³/mol. The van der Waals surface area contributed by atoms with Crippen LogP contribution in [0.1, 0.15) is 18.2 Å². The molecule has 154 valence electrons. The molecular formula is C22H20BrN3O4. The number of likely N-dealkylation sites (N-methyl/N-ethyl adjacent to an activating group) is 1. The van der Waals surface area contributed by atoms with Crippen LogP contribution >= 0.6 is 15.9 Å². The average Bonchev–Trinajstić information content (AvgIpc) is 3.25. The fourth-order valence-electron chi connectivity index (χ4n) is 3.46. The first-order valence-corrected chi connectivity index (χ1v) is 10.2. The van der Waals surface area contributed by atoms with Gasteiger partial charge in [-0.05, 0) is 30.7 Å². The zero-order chi connectivity index (χ0) is 21.5. The molecule has 8 heteroatoms. The van der Waals surface area contributed by atoms with Crippen LogP contribution in [0.5, 0.6) is 0 Å². The molecule has 1 saturated heterocycles. The third kappa shape index (κ3) is 3.47. The van der Waals surface area contributed by atoms with E-state index in [1.807, 2.05) is 42.5 Å². The number of rotatable bonds is 5. The average molecular weight is 470 g/mol. The van der Waals surface area contributed by atoms with Gasteiger partial charge < -0.3 is 14.6 Å². The molecule has 4 amide bonds. The Balaban J connectivity index is 1.51. The summed E-state index contributed by atoms with van der Waals surface area (Å²) in [6.07, 6.45) is 0. The lowest BCUT2D eigenvalue weighted by Crippen LogP contribution is -2.43. The molecule has 1 atom stereocenters. The minimum Gasteiger partial charge on any atom is -0.458 e. The summed E-state index contributed by atoms with van der Waals surface area (Å²) < 4.78 is 6.69. The van der Waals surface area contributed by atoms with E-state index >= 15 is 0 Å². The van der Waals surface area contributed by atoms with Crippen LogP contribution in [-0.2, 0) is 21.7 Å². The van der Waals surface area contributed by atoms with Crippen LogP contribution in [0.25, 0.3) is 11.0 Å². The zero-order valence-electron chi connectivity index (χ0n) is 16.5. The normalized spacial score (nSPS) is 18.7. The van der Waals surface area contributed by atoms with E-state index in [1.165, 1.54) is 4.90 Å². The van der Waals surface area contributed by atoms with E-state index in [0.29, 0.717) is 17.9 Å². The quantitative estimate of drug-likeness (QED) is 0.578. The molecular weight excluding hydrogens is 450 g/mol. The van der Waals surface area contributed by atoms with Gasteiger partial charge in [0.25, 0.3) is 5.91 Å². The number of urea groups is 1. The summed E-state index contributed by atoms with van der Waals surface area (Å²) in [5, 5.41) is 3.51. The number of nitrogens with zero attached hydrogens (tertiary/aromatic N) is 2. The Morgan fingerprint density at radius 1 is 1.17 bits per heavy atom. The van der Waals surface area contributed by atoms with E-state index in [2.05, 4.69) is 21.2 Å². The van der Waals surface area contributed by atoms with Crippen molar-refractivity contribution in [2.75, 3.05) is 13.6 Å². The van der Waals surface area contributed by atoms with Crippen molar-refractivity contribution in [1.29, 1.82) is 0 Å². The standard InChI is InChI=1S/C22H20BrN3O4/c1-22(18-11-14-7-4-6-10-17(14)30-18)20(28)26(21(29)24-22)13-19(27)25(2)12-15-8-3-5-9-16(15)23/h3-11H,12-13H2,1-2H3,(H,24,29). The van der Waals surface area contributed by atoms with Crippen molar-refractivity contribution >= 4 is 44.7 Å². The van der Waals surface area contributed by atoms with Gasteiger partial charge in [0, 0.05) is 23.5 Å². The number of nitrogens with one attached hydrogen (secondary N) is 1. The van der Waals surface area contributed by atoms with Gasteiger partial charge >= 0.3 is 6.03 Å². The van der Waals surface area contributed by atoms with Crippen LogP contribution in [0.3, 0.4) is 0 Å². The Morgan fingerprint density at radius 3 is 2.60 bits per heavy atom. The second-order valence-electron chi connectivity index (χ2n) is 7.44. The number of carbonyl (C=O) groups is 3. The van der Waals surface area contributed by atoms with Crippen LogP contribution in [0.2, 0.25) is 0 Å². The van der Waals surface area contributed by atoms with Crippen LogP contribution in [0.15, 0.2) is 63.5 Å². The summed E-state index contributed by atoms with van der Waals surface area (Å²) in [7, 11) is 1.64. The third-order valence-electron chi connectivity index (χ3n) is 5.28. The molecule has 0 saturated carbocycles. The van der Waals surface area contributed by atoms with E-state index < -0.39 is 17.5 Å². The lowest BCUT2D eigenvalue weighted by Gasteiger charge is -2.22. The topological polar surface area (TPSA) is 82.9 Å². The largest absolute Gasteiger partial charge is 0.458 e. The summed E-state index contributed by atoms with van der Waals surface area (Å²) in [4.78, 5) is 40.8. The minimum atomic E-state index is -1.36. The monoisotopic (exact) mass is 469 g/mol. The number of furan rings is 1. The van der Waals surface area contributed by atoms with Crippen LogP contribution in [-0.4, -0.2) is 41.2 Å². The molecule has 3 aromatic rings. The number of imide groups is 1. The first-order chi connectivity index (χ1) is 14.3. The number of carbonyl (C=O) groups excluding carboxylic acids is 3. The highest BCUT2D eigenvalue weighted by Crippen LogP contribution is 2.33. The second kappa shape index (κ2) is 7.60. The van der Waals surface area contributed by atoms with Gasteiger partial charge in [0.2, 0.25) is 5.91 Å². The van der Waals surface area contributed by atoms with Crippen molar-refractivity contribution in [3.05, 3.63) is 70.4 Å². The van der Waals surface area contributed by atoms with E-state index in [4.69, 9.17) is 4.42 Å². The highest BCUT2D eigenvalue weighted by molar-refractivity contribution is 9.10. The van der Waals surface area contributed by atoms with E-state index in [0.717, 1.165) is 20.3 Å². The van der Waals surface area contributed by atoms with Crippen molar-refractivity contribution in [1.82, 2.24) is 15.1 Å². The predicted octanol–water partition coefficient (Wildman–Crippen LogP) is 3.62.